The lowest BCUT2D eigenvalue weighted by molar-refractivity contribution is -0.378. The molecule has 3 saturated heterocycles. The molecule has 3 aliphatic rings. The van der Waals surface area contributed by atoms with Crippen molar-refractivity contribution in [3.05, 3.63) is 0 Å². The highest BCUT2D eigenvalue weighted by Crippen LogP contribution is 2.32. The molecule has 0 saturated carbocycles. The van der Waals surface area contributed by atoms with Gasteiger partial charge in [0.15, 0.2) is 25.0 Å². The summed E-state index contributed by atoms with van der Waals surface area (Å²) in [5, 5.41) is 115. The molecule has 17 atom stereocenters. The number of aliphatic carboxylic acids is 1. The number of ether oxygens (including phenoxy) is 7. The highest BCUT2D eigenvalue weighted by molar-refractivity contribution is 5.71. The lowest BCUT2D eigenvalue weighted by Gasteiger charge is -2.46. The topological polar surface area (TPSA) is 321 Å². The molecule has 0 spiro atoms. The van der Waals surface area contributed by atoms with E-state index in [0.717, 1.165) is 83.5 Å². The zero-order valence-corrected chi connectivity index (χ0v) is 40.7. The predicted molar refractivity (Wildman–Crippen MR) is 243 cm³/mol. The lowest BCUT2D eigenvalue weighted by atomic mass is 9.94. The van der Waals surface area contributed by atoms with Gasteiger partial charge in [-0.1, -0.05) is 117 Å². The van der Waals surface area contributed by atoms with Gasteiger partial charge in [0.2, 0.25) is 0 Å². The van der Waals surface area contributed by atoms with Crippen molar-refractivity contribution in [2.75, 3.05) is 26.4 Å². The van der Waals surface area contributed by atoms with Crippen LogP contribution in [0.15, 0.2) is 0 Å². The second kappa shape index (κ2) is 33.1. The first kappa shape index (κ1) is 60.6. The summed E-state index contributed by atoms with van der Waals surface area (Å²) in [6.07, 6.45) is -5.81. The van der Waals surface area contributed by atoms with Crippen LogP contribution in [0.5, 0.6) is 0 Å². The molecule has 0 amide bonds. The van der Waals surface area contributed by atoms with Gasteiger partial charge in [0.25, 0.3) is 0 Å². The van der Waals surface area contributed by atoms with E-state index in [-0.39, 0.29) is 31.5 Å². The molecule has 20 heteroatoms. The van der Waals surface area contributed by atoms with E-state index in [4.69, 9.17) is 38.3 Å². The summed E-state index contributed by atoms with van der Waals surface area (Å²) >= 11 is 0. The van der Waals surface area contributed by atoms with Crippen LogP contribution in [0.1, 0.15) is 156 Å². The minimum Gasteiger partial charge on any atom is -0.479 e. The first-order valence-electron chi connectivity index (χ1n) is 25.4. The summed E-state index contributed by atoms with van der Waals surface area (Å²) in [5.41, 5.74) is 0. The Hall–Kier alpha value is -1.70. The summed E-state index contributed by atoms with van der Waals surface area (Å²) < 4.78 is 40.5. The fraction of sp³-hybridized carbons (Fsp3) is 0.958. The third-order valence-electron chi connectivity index (χ3n) is 13.1. The Morgan fingerprint density at radius 1 is 0.574 bits per heavy atom. The molecule has 3 rings (SSSR count). The van der Waals surface area contributed by atoms with E-state index in [9.17, 15) is 60.7 Å². The predicted octanol–water partition coefficient (Wildman–Crippen LogP) is 1.93. The molecule has 0 radical (unpaired) electrons. The van der Waals surface area contributed by atoms with Crippen molar-refractivity contribution in [1.82, 2.24) is 0 Å². The molecular formula is C48H88O20. The number of hydrogen-bond acceptors (Lipinski definition) is 19. The Kier molecular flexibility index (Phi) is 29.5. The second-order valence-corrected chi connectivity index (χ2v) is 19.6. The van der Waals surface area contributed by atoms with Gasteiger partial charge in [-0.25, -0.2) is 4.79 Å². The molecule has 3 heterocycles. The number of aliphatic hydroxyl groups excluding tert-OH is 10. The monoisotopic (exact) mass is 985 g/mol. The fourth-order valence-electron chi connectivity index (χ4n) is 8.74. The van der Waals surface area contributed by atoms with Crippen LogP contribution in [0.25, 0.3) is 0 Å². The minimum absolute atomic E-state index is 0.00117. The largest absolute Gasteiger partial charge is 0.479 e. The number of carbonyl (C=O) groups is 2. The van der Waals surface area contributed by atoms with Crippen molar-refractivity contribution in [2.24, 2.45) is 11.8 Å². The first-order chi connectivity index (χ1) is 32.4. The van der Waals surface area contributed by atoms with E-state index in [1.807, 2.05) is 13.8 Å². The molecule has 0 bridgehead atoms. The molecule has 3 aliphatic heterocycles. The number of esters is 1. The smallest absolute Gasteiger partial charge is 0.332 e. The Bertz CT molecular complexity index is 1350. The highest BCUT2D eigenvalue weighted by Gasteiger charge is 2.51. The summed E-state index contributed by atoms with van der Waals surface area (Å²) in [7, 11) is 0. The normalized spacial score (nSPS) is 31.9. The van der Waals surface area contributed by atoms with Gasteiger partial charge in [-0.15, -0.1) is 0 Å². The minimum atomic E-state index is -1.88. The molecule has 0 aliphatic carbocycles. The average Bonchev–Trinajstić information content (AvgIpc) is 3.30. The molecule has 0 aromatic rings. The van der Waals surface area contributed by atoms with Crippen molar-refractivity contribution in [1.29, 1.82) is 0 Å². The SMILES string of the molecule is CCCC[C@H](CCC[C@H](O)[C@@H](O)CCCCCCCCCCCCCC[C@@H](O)C(=O)O)CO[C@H]1OC[C@H](O)[C@@H](O)[C@@H]1O[C@H]1OC[C@H](O)[C@@H](O)[C@@H]1O[C@H]1O[C@@H](COC(=O)CC(C)C)[C@H](O)[C@@H](O)[C@@H]1O. The zero-order valence-electron chi connectivity index (χ0n) is 40.7. The Labute approximate surface area is 402 Å². The molecule has 0 unspecified atom stereocenters. The van der Waals surface area contributed by atoms with Gasteiger partial charge in [-0.3, -0.25) is 4.79 Å². The Morgan fingerprint density at radius 2 is 1.06 bits per heavy atom. The number of unbranched alkanes of at least 4 members (excludes halogenated alkanes) is 12. The molecular weight excluding hydrogens is 897 g/mol. The fourth-order valence-corrected chi connectivity index (χ4v) is 8.74. The second-order valence-electron chi connectivity index (χ2n) is 19.6. The quantitative estimate of drug-likeness (QED) is 0.0319. The van der Waals surface area contributed by atoms with E-state index in [1.165, 1.54) is 12.8 Å². The third kappa shape index (κ3) is 21.6. The molecule has 20 nitrogen and oxygen atoms in total. The van der Waals surface area contributed by atoms with Gasteiger partial charge in [0.1, 0.15) is 67.6 Å². The van der Waals surface area contributed by atoms with Crippen LogP contribution in [-0.2, 0) is 42.7 Å². The molecule has 0 aromatic heterocycles. The molecule has 68 heavy (non-hydrogen) atoms. The maximum atomic E-state index is 12.2. The molecule has 0 aromatic carbocycles. The number of carboxylic acid groups (broad SMARTS) is 1. The van der Waals surface area contributed by atoms with Crippen molar-refractivity contribution < 1.29 is 98.9 Å². The Balaban J connectivity index is 1.45. The molecule has 3 fully saturated rings. The summed E-state index contributed by atoms with van der Waals surface area (Å²) in [5.74, 6) is -1.74. The van der Waals surface area contributed by atoms with E-state index < -0.39 is 123 Å². The van der Waals surface area contributed by atoms with Crippen molar-refractivity contribution >= 4 is 11.9 Å². The van der Waals surface area contributed by atoms with Crippen LogP contribution in [0.3, 0.4) is 0 Å². The van der Waals surface area contributed by atoms with Crippen LogP contribution >= 0.6 is 0 Å². The van der Waals surface area contributed by atoms with Crippen LogP contribution in [-0.4, -0.2) is 193 Å². The molecule has 400 valence electrons. The van der Waals surface area contributed by atoms with E-state index in [1.54, 1.807) is 0 Å². The van der Waals surface area contributed by atoms with Gasteiger partial charge >= 0.3 is 11.9 Å². The number of carboxylic acids is 1. The van der Waals surface area contributed by atoms with E-state index in [0.29, 0.717) is 32.1 Å². The standard InChI is InChI=1S/C48H88O20/c1-4-5-19-30(20-18-23-32(50)31(49)21-16-14-12-10-8-6-7-9-11-13-15-17-22-33(51)45(60)61)25-63-47-43(38(55)34(52)26-64-47)68-48-44(39(56)35(53)27-65-48)67-46-42(59)41(58)40(57)36(66-46)28-62-37(54)24-29(2)3/h29-36,38-44,46-53,55-59H,4-28H2,1-3H3,(H,60,61)/t30-,31+,32+,33-,34+,35+,36+,38-,39-,40+,41-,42+,43+,44+,46-,47+,48-/m1/s1. The number of hydrogen-bond donors (Lipinski definition) is 11. The number of carbonyl (C=O) groups excluding carboxylic acids is 1. The molecule has 11 N–H and O–H groups in total. The van der Waals surface area contributed by atoms with Gasteiger partial charge in [0.05, 0.1) is 32.0 Å². The number of aliphatic hydroxyl groups is 10. The van der Waals surface area contributed by atoms with Crippen molar-refractivity contribution in [3.8, 4) is 0 Å². The van der Waals surface area contributed by atoms with Gasteiger partial charge in [-0.2, -0.15) is 0 Å². The van der Waals surface area contributed by atoms with E-state index in [2.05, 4.69) is 6.92 Å². The third-order valence-corrected chi connectivity index (χ3v) is 13.1. The van der Waals surface area contributed by atoms with Crippen molar-refractivity contribution in [2.45, 2.75) is 254 Å². The maximum absolute atomic E-state index is 12.2. The van der Waals surface area contributed by atoms with Gasteiger partial charge < -0.3 is 89.3 Å². The number of rotatable bonds is 35. The summed E-state index contributed by atoms with van der Waals surface area (Å²) in [6, 6.07) is 0. The van der Waals surface area contributed by atoms with Crippen LogP contribution in [0.4, 0.5) is 0 Å². The van der Waals surface area contributed by atoms with Crippen LogP contribution in [0.2, 0.25) is 0 Å². The van der Waals surface area contributed by atoms with Gasteiger partial charge in [-0.05, 0) is 43.9 Å². The zero-order chi connectivity index (χ0) is 50.2. The highest BCUT2D eigenvalue weighted by atomic mass is 16.8. The summed E-state index contributed by atoms with van der Waals surface area (Å²) in [6.45, 7) is 4.63. The van der Waals surface area contributed by atoms with Crippen LogP contribution in [0, 0.1) is 11.8 Å². The maximum Gasteiger partial charge on any atom is 0.332 e. The Morgan fingerprint density at radius 3 is 1.60 bits per heavy atom. The van der Waals surface area contributed by atoms with E-state index >= 15 is 0 Å². The summed E-state index contributed by atoms with van der Waals surface area (Å²) in [4.78, 5) is 22.8. The average molecular weight is 985 g/mol. The van der Waals surface area contributed by atoms with Crippen molar-refractivity contribution in [3.63, 3.8) is 0 Å². The van der Waals surface area contributed by atoms with Gasteiger partial charge in [0, 0.05) is 6.42 Å². The van der Waals surface area contributed by atoms with Crippen LogP contribution < -0.4 is 0 Å². The first-order valence-corrected chi connectivity index (χ1v) is 25.4. The lowest BCUT2D eigenvalue weighted by Crippen LogP contribution is -2.64.